The van der Waals surface area contributed by atoms with E-state index in [4.69, 9.17) is 10.6 Å². The normalized spacial score (nSPS) is 11.8. The van der Waals surface area contributed by atoms with E-state index in [2.05, 4.69) is 44.8 Å². The Morgan fingerprint density at radius 1 is 1.10 bits per heavy atom. The van der Waals surface area contributed by atoms with Gasteiger partial charge in [0.25, 0.3) is 0 Å². The molecule has 1 aromatic carbocycles. The van der Waals surface area contributed by atoms with Crippen molar-refractivity contribution in [3.05, 3.63) is 35.9 Å². The smallest absolute Gasteiger partial charge is 0.323 e. The summed E-state index contributed by atoms with van der Waals surface area (Å²) in [6.07, 6.45) is 0.894. The van der Waals surface area contributed by atoms with Crippen molar-refractivity contribution < 1.29 is 4.74 Å². The summed E-state index contributed by atoms with van der Waals surface area (Å²) in [5.74, 6) is 6.06. The molecule has 0 fully saturated rings. The second-order valence-electron chi connectivity index (χ2n) is 4.36. The fourth-order valence-electron chi connectivity index (χ4n) is 1.94. The fraction of sp³-hybridized carbons (Fsp3) is 0.357. The minimum Gasteiger partial charge on any atom is -0.464 e. The number of anilines is 2. The van der Waals surface area contributed by atoms with Crippen LogP contribution in [-0.4, -0.2) is 21.6 Å². The Kier molecular flexibility index (Phi) is 5.28. The Morgan fingerprint density at radius 2 is 1.81 bits per heavy atom. The van der Waals surface area contributed by atoms with Gasteiger partial charge in [-0.3, -0.25) is 5.43 Å². The predicted octanol–water partition coefficient (Wildman–Crippen LogP) is 2.12. The van der Waals surface area contributed by atoms with Crippen molar-refractivity contribution in [3.63, 3.8) is 0 Å². The number of nitrogens with zero attached hydrogens (tertiary/aromatic N) is 3. The van der Waals surface area contributed by atoms with Gasteiger partial charge in [-0.05, 0) is 18.9 Å². The Morgan fingerprint density at radius 3 is 2.43 bits per heavy atom. The Bertz CT molecular complexity index is 563. The zero-order valence-corrected chi connectivity index (χ0v) is 12.2. The summed E-state index contributed by atoms with van der Waals surface area (Å²) >= 11 is 0. The van der Waals surface area contributed by atoms with Crippen molar-refractivity contribution >= 4 is 11.9 Å². The van der Waals surface area contributed by atoms with E-state index in [9.17, 15) is 0 Å². The van der Waals surface area contributed by atoms with Gasteiger partial charge in [0.1, 0.15) is 0 Å². The van der Waals surface area contributed by atoms with Gasteiger partial charge >= 0.3 is 6.01 Å². The molecule has 7 nitrogen and oxygen atoms in total. The molecule has 1 unspecified atom stereocenters. The van der Waals surface area contributed by atoms with Crippen LogP contribution in [0.5, 0.6) is 6.01 Å². The van der Waals surface area contributed by atoms with Crippen molar-refractivity contribution in [2.75, 3.05) is 17.3 Å². The van der Waals surface area contributed by atoms with E-state index < -0.39 is 0 Å². The van der Waals surface area contributed by atoms with Gasteiger partial charge in [0.05, 0.1) is 12.6 Å². The van der Waals surface area contributed by atoms with Gasteiger partial charge in [-0.1, -0.05) is 37.3 Å². The first-order chi connectivity index (χ1) is 10.3. The van der Waals surface area contributed by atoms with Gasteiger partial charge in [-0.15, -0.1) is 0 Å². The van der Waals surface area contributed by atoms with Gasteiger partial charge in [0.2, 0.25) is 11.9 Å². The van der Waals surface area contributed by atoms with Gasteiger partial charge in [0, 0.05) is 0 Å². The van der Waals surface area contributed by atoms with Gasteiger partial charge in [-0.2, -0.15) is 15.0 Å². The second-order valence-corrected chi connectivity index (χ2v) is 4.36. The van der Waals surface area contributed by atoms with Crippen LogP contribution in [0.15, 0.2) is 30.3 Å². The van der Waals surface area contributed by atoms with Gasteiger partial charge in [-0.25, -0.2) is 5.84 Å². The zero-order valence-electron chi connectivity index (χ0n) is 12.2. The van der Waals surface area contributed by atoms with Crippen LogP contribution in [0.25, 0.3) is 0 Å². The summed E-state index contributed by atoms with van der Waals surface area (Å²) in [7, 11) is 0. The topological polar surface area (TPSA) is 98.0 Å². The Balaban J connectivity index is 2.22. The first-order valence-corrected chi connectivity index (χ1v) is 6.93. The van der Waals surface area contributed by atoms with Crippen molar-refractivity contribution in [3.8, 4) is 6.01 Å². The third-order valence-corrected chi connectivity index (χ3v) is 2.93. The molecule has 2 aromatic rings. The Hall–Kier alpha value is -2.41. The fourth-order valence-corrected chi connectivity index (χ4v) is 1.94. The highest BCUT2D eigenvalue weighted by Crippen LogP contribution is 2.21. The number of hydrazine groups is 1. The van der Waals surface area contributed by atoms with E-state index in [1.165, 1.54) is 5.56 Å². The molecule has 0 spiro atoms. The van der Waals surface area contributed by atoms with Crippen LogP contribution in [-0.2, 0) is 0 Å². The number of ether oxygens (including phenoxy) is 1. The van der Waals surface area contributed by atoms with Crippen molar-refractivity contribution in [1.82, 2.24) is 15.0 Å². The quantitative estimate of drug-likeness (QED) is 0.530. The Labute approximate surface area is 123 Å². The molecule has 0 aliphatic carbocycles. The molecule has 112 valence electrons. The van der Waals surface area contributed by atoms with Crippen LogP contribution in [0.2, 0.25) is 0 Å². The maximum Gasteiger partial charge on any atom is 0.323 e. The molecule has 7 heteroatoms. The van der Waals surface area contributed by atoms with Crippen molar-refractivity contribution in [2.24, 2.45) is 5.84 Å². The molecule has 0 saturated heterocycles. The second kappa shape index (κ2) is 7.39. The first kappa shape index (κ1) is 15.0. The lowest BCUT2D eigenvalue weighted by molar-refractivity contribution is 0.312. The number of benzene rings is 1. The summed E-state index contributed by atoms with van der Waals surface area (Å²) in [5.41, 5.74) is 3.58. The van der Waals surface area contributed by atoms with Crippen LogP contribution in [0.1, 0.15) is 31.9 Å². The molecule has 0 bridgehead atoms. The SMILES string of the molecule is CCOc1nc(NN)nc(NC(CC)c2ccccc2)n1. The van der Waals surface area contributed by atoms with Crippen LogP contribution in [0.3, 0.4) is 0 Å². The van der Waals surface area contributed by atoms with E-state index in [1.807, 2.05) is 25.1 Å². The molecule has 2 rings (SSSR count). The standard InChI is InChI=1S/C14H20N6O/c1-3-11(10-8-6-5-7-9-10)16-12-17-13(20-15)19-14(18-12)21-4-2/h5-9,11H,3-4,15H2,1-2H3,(H2,16,17,18,19,20). The van der Waals surface area contributed by atoms with Gasteiger partial charge < -0.3 is 10.1 Å². The minimum absolute atomic E-state index is 0.105. The molecule has 1 atom stereocenters. The number of nitrogens with one attached hydrogen (secondary N) is 2. The molecular formula is C14H20N6O. The van der Waals surface area contributed by atoms with Gasteiger partial charge in [0.15, 0.2) is 0 Å². The molecule has 0 saturated carbocycles. The van der Waals surface area contributed by atoms with E-state index in [0.29, 0.717) is 12.6 Å². The number of hydrogen-bond acceptors (Lipinski definition) is 7. The maximum atomic E-state index is 5.37. The molecule has 4 N–H and O–H groups in total. The number of hydrogen-bond donors (Lipinski definition) is 3. The molecular weight excluding hydrogens is 268 g/mol. The number of rotatable bonds is 7. The highest BCUT2D eigenvalue weighted by molar-refractivity contribution is 5.38. The third-order valence-electron chi connectivity index (χ3n) is 2.93. The molecule has 0 radical (unpaired) electrons. The highest BCUT2D eigenvalue weighted by atomic mass is 16.5. The highest BCUT2D eigenvalue weighted by Gasteiger charge is 2.13. The van der Waals surface area contributed by atoms with Crippen LogP contribution >= 0.6 is 0 Å². The summed E-state index contributed by atoms with van der Waals surface area (Å²) in [6.45, 7) is 4.44. The number of nitrogen functional groups attached to an aromatic ring is 1. The summed E-state index contributed by atoms with van der Waals surface area (Å²) < 4.78 is 5.31. The van der Waals surface area contributed by atoms with Crippen LogP contribution < -0.4 is 21.3 Å². The number of nitrogens with two attached hydrogens (primary N) is 1. The van der Waals surface area contributed by atoms with E-state index in [0.717, 1.165) is 6.42 Å². The lowest BCUT2D eigenvalue weighted by Crippen LogP contribution is -2.16. The third kappa shape index (κ3) is 4.03. The summed E-state index contributed by atoms with van der Waals surface area (Å²) in [4.78, 5) is 12.5. The van der Waals surface area contributed by atoms with E-state index in [-0.39, 0.29) is 18.0 Å². The molecule has 0 aliphatic heterocycles. The lowest BCUT2D eigenvalue weighted by Gasteiger charge is -2.17. The molecule has 21 heavy (non-hydrogen) atoms. The maximum absolute atomic E-state index is 5.37. The van der Waals surface area contributed by atoms with E-state index in [1.54, 1.807) is 0 Å². The first-order valence-electron chi connectivity index (χ1n) is 6.93. The zero-order chi connectivity index (χ0) is 15.1. The van der Waals surface area contributed by atoms with Crippen molar-refractivity contribution in [2.45, 2.75) is 26.3 Å². The summed E-state index contributed by atoms with van der Waals surface area (Å²) in [5, 5.41) is 3.28. The average Bonchev–Trinajstić information content (AvgIpc) is 2.53. The molecule has 1 aromatic heterocycles. The van der Waals surface area contributed by atoms with Crippen molar-refractivity contribution in [1.29, 1.82) is 0 Å². The largest absolute Gasteiger partial charge is 0.464 e. The average molecular weight is 288 g/mol. The van der Waals surface area contributed by atoms with Crippen LogP contribution in [0.4, 0.5) is 11.9 Å². The predicted molar refractivity (Wildman–Crippen MR) is 81.9 cm³/mol. The monoisotopic (exact) mass is 288 g/mol. The number of aromatic nitrogens is 3. The van der Waals surface area contributed by atoms with Crippen LogP contribution in [0, 0.1) is 0 Å². The molecule has 0 amide bonds. The van der Waals surface area contributed by atoms with E-state index >= 15 is 0 Å². The minimum atomic E-state index is 0.105. The lowest BCUT2D eigenvalue weighted by atomic mass is 10.1. The molecule has 1 heterocycles. The molecule has 0 aliphatic rings. The summed E-state index contributed by atoms with van der Waals surface area (Å²) in [6, 6.07) is 10.5.